The van der Waals surface area contributed by atoms with Crippen LogP contribution in [0.1, 0.15) is 35.8 Å². The smallest absolute Gasteiger partial charge is 0.262 e. The Hall–Kier alpha value is -2.47. The van der Waals surface area contributed by atoms with Gasteiger partial charge in [-0.15, -0.1) is 11.3 Å². The Kier molecular flexibility index (Phi) is 4.31. The summed E-state index contributed by atoms with van der Waals surface area (Å²) in [5.41, 5.74) is 3.27. The van der Waals surface area contributed by atoms with Crippen molar-refractivity contribution in [3.05, 3.63) is 57.0 Å². The molecule has 3 heterocycles. The van der Waals surface area contributed by atoms with Crippen LogP contribution in [0.3, 0.4) is 0 Å². The van der Waals surface area contributed by atoms with Crippen molar-refractivity contribution in [2.24, 2.45) is 5.92 Å². The van der Waals surface area contributed by atoms with E-state index in [1.54, 1.807) is 17.7 Å². The molecule has 1 aliphatic heterocycles. The number of benzene rings is 1. The van der Waals surface area contributed by atoms with E-state index >= 15 is 0 Å². The highest BCUT2D eigenvalue weighted by molar-refractivity contribution is 7.18. The summed E-state index contributed by atoms with van der Waals surface area (Å²) >= 11 is 1.64. The van der Waals surface area contributed by atoms with E-state index in [0.717, 1.165) is 48.0 Å². The van der Waals surface area contributed by atoms with Gasteiger partial charge in [-0.3, -0.25) is 14.2 Å². The number of thiophene rings is 1. The Morgan fingerprint density at radius 1 is 1.29 bits per heavy atom. The predicted molar refractivity (Wildman–Crippen MR) is 112 cm³/mol. The van der Waals surface area contributed by atoms with Crippen molar-refractivity contribution in [2.45, 2.75) is 45.6 Å². The molecule has 0 radical (unpaired) electrons. The highest BCUT2D eigenvalue weighted by atomic mass is 32.1. The zero-order chi connectivity index (χ0) is 19.3. The predicted octanol–water partition coefficient (Wildman–Crippen LogP) is 3.56. The normalized spacial score (nSPS) is 18.8. The molecule has 0 saturated heterocycles. The Morgan fingerprint density at radius 2 is 2.14 bits per heavy atom. The first-order chi connectivity index (χ1) is 13.6. The molecule has 1 atom stereocenters. The van der Waals surface area contributed by atoms with Gasteiger partial charge in [-0.25, -0.2) is 4.98 Å². The van der Waals surface area contributed by atoms with Crippen LogP contribution in [0, 0.1) is 5.92 Å². The van der Waals surface area contributed by atoms with E-state index in [4.69, 9.17) is 0 Å². The van der Waals surface area contributed by atoms with Crippen molar-refractivity contribution in [1.29, 1.82) is 0 Å². The van der Waals surface area contributed by atoms with E-state index < -0.39 is 0 Å². The van der Waals surface area contributed by atoms with E-state index in [1.165, 1.54) is 20.6 Å². The van der Waals surface area contributed by atoms with Crippen LogP contribution in [0.15, 0.2) is 35.4 Å². The van der Waals surface area contributed by atoms with Gasteiger partial charge in [0, 0.05) is 17.1 Å². The van der Waals surface area contributed by atoms with Crippen LogP contribution in [0.4, 0.5) is 5.69 Å². The second kappa shape index (κ2) is 6.85. The van der Waals surface area contributed by atoms with Crippen molar-refractivity contribution < 1.29 is 4.79 Å². The van der Waals surface area contributed by atoms with Gasteiger partial charge in [0.25, 0.3) is 5.56 Å². The first-order valence-corrected chi connectivity index (χ1v) is 10.8. The van der Waals surface area contributed by atoms with Crippen LogP contribution in [0.25, 0.3) is 10.2 Å². The molecule has 0 saturated carbocycles. The molecule has 0 fully saturated rings. The molecule has 0 N–H and O–H groups in total. The lowest BCUT2D eigenvalue weighted by Gasteiger charge is -2.29. The molecule has 1 amide bonds. The molecule has 1 aromatic carbocycles. The Bertz CT molecular complexity index is 1130. The Labute approximate surface area is 167 Å². The Morgan fingerprint density at radius 3 is 3.04 bits per heavy atom. The van der Waals surface area contributed by atoms with E-state index in [9.17, 15) is 9.59 Å². The molecular weight excluding hydrogens is 370 g/mol. The maximum Gasteiger partial charge on any atom is 0.262 e. The van der Waals surface area contributed by atoms with Crippen molar-refractivity contribution in [1.82, 2.24) is 9.55 Å². The van der Waals surface area contributed by atoms with E-state index in [0.29, 0.717) is 12.5 Å². The van der Waals surface area contributed by atoms with Gasteiger partial charge in [0.2, 0.25) is 5.91 Å². The van der Waals surface area contributed by atoms with Gasteiger partial charge in [0.05, 0.1) is 11.7 Å². The van der Waals surface area contributed by atoms with Crippen LogP contribution < -0.4 is 10.5 Å². The number of hydrogen-bond donors (Lipinski definition) is 0. The highest BCUT2D eigenvalue weighted by Crippen LogP contribution is 2.35. The number of carbonyl (C=O) groups is 1. The first-order valence-electron chi connectivity index (χ1n) is 10.00. The fraction of sp³-hybridized carbons (Fsp3) is 0.409. The maximum absolute atomic E-state index is 13.2. The average molecular weight is 394 g/mol. The molecular formula is C22H23N3O2S. The quantitative estimate of drug-likeness (QED) is 0.669. The van der Waals surface area contributed by atoms with Crippen LogP contribution in [0.2, 0.25) is 0 Å². The molecule has 3 aromatic rings. The van der Waals surface area contributed by atoms with Gasteiger partial charge in [-0.2, -0.15) is 0 Å². The largest absolute Gasteiger partial charge is 0.311 e. The fourth-order valence-corrected chi connectivity index (χ4v) is 5.84. The number of anilines is 1. The van der Waals surface area contributed by atoms with Crippen LogP contribution >= 0.6 is 11.3 Å². The third kappa shape index (κ3) is 2.87. The fourth-order valence-electron chi connectivity index (χ4n) is 4.50. The summed E-state index contributed by atoms with van der Waals surface area (Å²) in [6, 6.07) is 8.04. The SMILES string of the molecule is C[C@H]1CCc2c(sc3ncn(CC(=O)N4CCCc5ccccc54)c(=O)c23)C1. The molecule has 0 bridgehead atoms. The van der Waals surface area contributed by atoms with Crippen molar-refractivity contribution in [2.75, 3.05) is 11.4 Å². The molecule has 5 nitrogen and oxygen atoms in total. The van der Waals surface area contributed by atoms with Gasteiger partial charge in [0.15, 0.2) is 0 Å². The van der Waals surface area contributed by atoms with Crippen LogP contribution in [-0.4, -0.2) is 22.0 Å². The Balaban J connectivity index is 1.49. The van der Waals surface area contributed by atoms with E-state index in [1.807, 2.05) is 23.1 Å². The number of fused-ring (bicyclic) bond motifs is 4. The van der Waals surface area contributed by atoms with Crippen molar-refractivity contribution in [3.8, 4) is 0 Å². The number of amides is 1. The van der Waals surface area contributed by atoms with E-state index in [2.05, 4.69) is 18.0 Å². The summed E-state index contributed by atoms with van der Waals surface area (Å²) in [6.07, 6.45) is 6.56. The van der Waals surface area contributed by atoms with Gasteiger partial charge in [-0.1, -0.05) is 25.1 Å². The number of nitrogens with zero attached hydrogens (tertiary/aromatic N) is 3. The second-order valence-corrected chi connectivity index (χ2v) is 9.07. The maximum atomic E-state index is 13.2. The first kappa shape index (κ1) is 17.6. The summed E-state index contributed by atoms with van der Waals surface area (Å²) in [5.74, 6) is 0.608. The number of rotatable bonds is 2. The lowest BCUT2D eigenvalue weighted by Crippen LogP contribution is -2.39. The van der Waals surface area contributed by atoms with Gasteiger partial charge >= 0.3 is 0 Å². The minimum Gasteiger partial charge on any atom is -0.311 e. The van der Waals surface area contributed by atoms with Gasteiger partial charge in [0.1, 0.15) is 11.4 Å². The minimum atomic E-state index is -0.0734. The number of para-hydroxylation sites is 1. The second-order valence-electron chi connectivity index (χ2n) is 7.99. The lowest BCUT2D eigenvalue weighted by molar-refractivity contribution is -0.119. The molecule has 0 spiro atoms. The standard InChI is InChI=1S/C22H23N3O2S/c1-14-8-9-16-18(11-14)28-21-20(16)22(27)24(13-23-21)12-19(26)25-10-4-6-15-5-2-3-7-17(15)25/h2-3,5,7,13-14H,4,6,8-12H2,1H3/t14-/m0/s1. The molecule has 0 unspecified atom stereocenters. The number of carbonyl (C=O) groups excluding carboxylic acids is 1. The lowest BCUT2D eigenvalue weighted by atomic mass is 9.89. The van der Waals surface area contributed by atoms with Gasteiger partial charge < -0.3 is 4.90 Å². The highest BCUT2D eigenvalue weighted by Gasteiger charge is 2.25. The zero-order valence-corrected chi connectivity index (χ0v) is 16.8. The molecule has 28 heavy (non-hydrogen) atoms. The zero-order valence-electron chi connectivity index (χ0n) is 16.0. The molecule has 5 rings (SSSR count). The summed E-state index contributed by atoms with van der Waals surface area (Å²) in [5, 5.41) is 0.737. The van der Waals surface area contributed by atoms with Crippen LogP contribution in [0.5, 0.6) is 0 Å². The summed E-state index contributed by atoms with van der Waals surface area (Å²) in [4.78, 5) is 34.7. The van der Waals surface area contributed by atoms with Crippen molar-refractivity contribution in [3.63, 3.8) is 0 Å². The van der Waals surface area contributed by atoms with Crippen LogP contribution in [-0.2, 0) is 30.6 Å². The molecule has 2 aliphatic rings. The molecule has 6 heteroatoms. The number of aromatic nitrogens is 2. The monoisotopic (exact) mass is 393 g/mol. The van der Waals surface area contributed by atoms with Crippen molar-refractivity contribution >= 4 is 33.1 Å². The molecule has 144 valence electrons. The summed E-state index contributed by atoms with van der Waals surface area (Å²) in [6.45, 7) is 3.00. The van der Waals surface area contributed by atoms with E-state index in [-0.39, 0.29) is 18.0 Å². The number of aryl methyl sites for hydroxylation is 2. The summed E-state index contributed by atoms with van der Waals surface area (Å²) < 4.78 is 1.49. The average Bonchev–Trinajstić information content (AvgIpc) is 3.07. The third-order valence-electron chi connectivity index (χ3n) is 6.00. The molecule has 2 aromatic heterocycles. The third-order valence-corrected chi connectivity index (χ3v) is 7.16. The number of hydrogen-bond acceptors (Lipinski definition) is 4. The molecule has 1 aliphatic carbocycles. The minimum absolute atomic E-state index is 0.0388. The topological polar surface area (TPSA) is 55.2 Å². The summed E-state index contributed by atoms with van der Waals surface area (Å²) in [7, 11) is 0. The van der Waals surface area contributed by atoms with Gasteiger partial charge in [-0.05, 0) is 55.2 Å².